The summed E-state index contributed by atoms with van der Waals surface area (Å²) < 4.78 is 2.19. The zero-order valence-corrected chi connectivity index (χ0v) is 17.2. The van der Waals surface area contributed by atoms with Crippen molar-refractivity contribution < 1.29 is 4.79 Å². The van der Waals surface area contributed by atoms with Crippen LogP contribution in [-0.2, 0) is 11.2 Å². The van der Waals surface area contributed by atoms with Crippen LogP contribution in [-0.4, -0.2) is 47.0 Å². The second kappa shape index (κ2) is 9.23. The first-order valence-electron chi connectivity index (χ1n) is 10.7. The molecule has 4 rings (SSSR count). The number of nitrogens with zero attached hydrogens (tertiary/aromatic N) is 3. The van der Waals surface area contributed by atoms with E-state index < -0.39 is 0 Å². The molecule has 152 valence electrons. The van der Waals surface area contributed by atoms with Gasteiger partial charge in [0.25, 0.3) is 0 Å². The number of hydrogen-bond donors (Lipinski definition) is 1. The fourth-order valence-electron chi connectivity index (χ4n) is 4.31. The fraction of sp³-hybridized carbons (Fsp3) is 0.417. The monoisotopic (exact) mass is 390 g/mol. The normalized spacial score (nSPS) is 15.1. The van der Waals surface area contributed by atoms with Crippen LogP contribution in [0.5, 0.6) is 0 Å². The lowest BCUT2D eigenvalue weighted by Gasteiger charge is -2.32. The number of carbonyl (C=O) groups excluding carboxylic acids is 1. The van der Waals surface area contributed by atoms with Crippen molar-refractivity contribution >= 4 is 16.9 Å². The van der Waals surface area contributed by atoms with Crippen molar-refractivity contribution in [3.05, 3.63) is 60.4 Å². The Morgan fingerprint density at radius 1 is 1.07 bits per heavy atom. The molecule has 1 N–H and O–H groups in total. The van der Waals surface area contributed by atoms with Gasteiger partial charge in [-0.15, -0.1) is 0 Å². The van der Waals surface area contributed by atoms with Gasteiger partial charge in [-0.2, -0.15) is 0 Å². The molecule has 29 heavy (non-hydrogen) atoms. The van der Waals surface area contributed by atoms with Gasteiger partial charge in [0.2, 0.25) is 5.91 Å². The van der Waals surface area contributed by atoms with Gasteiger partial charge >= 0.3 is 0 Å². The Kier molecular flexibility index (Phi) is 6.25. The highest BCUT2D eigenvalue weighted by atomic mass is 16.2. The molecule has 0 bridgehead atoms. The highest BCUT2D eigenvalue weighted by molar-refractivity contribution is 5.79. The van der Waals surface area contributed by atoms with Crippen molar-refractivity contribution in [2.24, 2.45) is 5.92 Å². The van der Waals surface area contributed by atoms with Crippen LogP contribution < -0.4 is 5.32 Å². The number of nitrogens with one attached hydrogen (secondary N) is 1. The minimum Gasteiger partial charge on any atom is -0.343 e. The van der Waals surface area contributed by atoms with E-state index in [-0.39, 0.29) is 5.91 Å². The van der Waals surface area contributed by atoms with Crippen molar-refractivity contribution in [2.45, 2.75) is 32.1 Å². The number of para-hydroxylation sites is 3. The first-order chi connectivity index (χ1) is 14.3. The van der Waals surface area contributed by atoms with Gasteiger partial charge in [0, 0.05) is 31.6 Å². The van der Waals surface area contributed by atoms with Gasteiger partial charge in [-0.25, -0.2) is 4.98 Å². The maximum Gasteiger partial charge on any atom is 0.223 e. The zero-order valence-electron chi connectivity index (χ0n) is 17.2. The first kappa shape index (κ1) is 19.6. The lowest BCUT2D eigenvalue weighted by molar-refractivity contribution is -0.132. The highest BCUT2D eigenvalue weighted by Crippen LogP contribution is 2.24. The molecule has 0 saturated carbocycles. The molecule has 0 aliphatic carbocycles. The predicted octanol–water partition coefficient (Wildman–Crippen LogP) is 3.81. The number of piperidine rings is 1. The van der Waals surface area contributed by atoms with Crippen LogP contribution in [0.3, 0.4) is 0 Å². The number of imidazole rings is 1. The van der Waals surface area contributed by atoms with Gasteiger partial charge in [0.15, 0.2) is 0 Å². The van der Waals surface area contributed by atoms with E-state index >= 15 is 0 Å². The second-order valence-electron chi connectivity index (χ2n) is 7.90. The van der Waals surface area contributed by atoms with Crippen molar-refractivity contribution in [1.29, 1.82) is 0 Å². The number of amides is 1. The lowest BCUT2D eigenvalue weighted by Crippen LogP contribution is -2.39. The van der Waals surface area contributed by atoms with Crippen LogP contribution in [0.25, 0.3) is 16.7 Å². The maximum atomic E-state index is 12.8. The zero-order chi connectivity index (χ0) is 20.1. The summed E-state index contributed by atoms with van der Waals surface area (Å²) in [5, 5.41) is 3.23. The van der Waals surface area contributed by atoms with E-state index in [0.717, 1.165) is 60.9 Å². The van der Waals surface area contributed by atoms with Crippen LogP contribution in [0.15, 0.2) is 54.6 Å². The quantitative estimate of drug-likeness (QED) is 0.667. The van der Waals surface area contributed by atoms with E-state index in [4.69, 9.17) is 4.98 Å². The Labute approximate surface area is 172 Å². The average molecular weight is 391 g/mol. The van der Waals surface area contributed by atoms with Crippen molar-refractivity contribution in [3.8, 4) is 5.69 Å². The standard InChI is InChI=1S/C24H30N4O/c1-25-16-13-19-14-17-27(18-15-19)24(29)12-11-23-26-21-9-5-6-10-22(21)28(23)20-7-3-2-4-8-20/h2-10,19,25H,11-18H2,1H3. The topological polar surface area (TPSA) is 50.2 Å². The number of likely N-dealkylation sites (tertiary alicyclic amines) is 1. The molecule has 5 heteroatoms. The molecule has 0 spiro atoms. The Hall–Kier alpha value is -2.66. The number of aryl methyl sites for hydroxylation is 1. The van der Waals surface area contributed by atoms with Gasteiger partial charge in [-0.1, -0.05) is 30.3 Å². The van der Waals surface area contributed by atoms with E-state index in [1.807, 2.05) is 48.3 Å². The summed E-state index contributed by atoms with van der Waals surface area (Å²) in [6, 6.07) is 18.5. The molecule has 2 aromatic carbocycles. The minimum absolute atomic E-state index is 0.253. The molecular weight excluding hydrogens is 360 g/mol. The molecule has 0 unspecified atom stereocenters. The number of hydrogen-bond acceptors (Lipinski definition) is 3. The number of rotatable bonds is 7. The minimum atomic E-state index is 0.253. The van der Waals surface area contributed by atoms with Gasteiger partial charge in [-0.3, -0.25) is 9.36 Å². The maximum absolute atomic E-state index is 12.8. The summed E-state index contributed by atoms with van der Waals surface area (Å²) in [7, 11) is 2.00. The molecule has 2 heterocycles. The van der Waals surface area contributed by atoms with Gasteiger partial charge in [-0.05, 0) is 63.0 Å². The fourth-order valence-corrected chi connectivity index (χ4v) is 4.31. The second-order valence-corrected chi connectivity index (χ2v) is 7.90. The summed E-state index contributed by atoms with van der Waals surface area (Å²) in [5.41, 5.74) is 3.16. The largest absolute Gasteiger partial charge is 0.343 e. The van der Waals surface area contributed by atoms with Crippen LogP contribution in [0, 0.1) is 5.92 Å². The number of carbonyl (C=O) groups is 1. The first-order valence-corrected chi connectivity index (χ1v) is 10.7. The predicted molar refractivity (Wildman–Crippen MR) is 117 cm³/mol. The molecule has 1 amide bonds. The van der Waals surface area contributed by atoms with Gasteiger partial charge < -0.3 is 10.2 Å². The molecule has 1 fully saturated rings. The summed E-state index contributed by atoms with van der Waals surface area (Å²) in [4.78, 5) is 19.7. The molecule has 3 aromatic rings. The molecule has 1 aliphatic heterocycles. The molecule has 5 nitrogen and oxygen atoms in total. The number of fused-ring (bicyclic) bond motifs is 1. The number of benzene rings is 2. The molecule has 1 saturated heterocycles. The Morgan fingerprint density at radius 2 is 1.79 bits per heavy atom. The van der Waals surface area contributed by atoms with Crippen molar-refractivity contribution in [2.75, 3.05) is 26.7 Å². The summed E-state index contributed by atoms with van der Waals surface area (Å²) >= 11 is 0. The Morgan fingerprint density at radius 3 is 2.55 bits per heavy atom. The van der Waals surface area contributed by atoms with Gasteiger partial charge in [0.05, 0.1) is 11.0 Å². The lowest BCUT2D eigenvalue weighted by atomic mass is 9.93. The average Bonchev–Trinajstić information content (AvgIpc) is 3.15. The molecule has 1 aliphatic rings. The van der Waals surface area contributed by atoms with Crippen LogP contribution in [0.2, 0.25) is 0 Å². The third kappa shape index (κ3) is 4.51. The molecule has 0 radical (unpaired) electrons. The SMILES string of the molecule is CNCCC1CCN(C(=O)CCc2nc3ccccc3n2-c2ccccc2)CC1. The van der Waals surface area contributed by atoms with E-state index in [1.165, 1.54) is 6.42 Å². The smallest absolute Gasteiger partial charge is 0.223 e. The third-order valence-corrected chi connectivity index (χ3v) is 5.98. The third-order valence-electron chi connectivity index (χ3n) is 5.98. The van der Waals surface area contributed by atoms with Crippen molar-refractivity contribution in [3.63, 3.8) is 0 Å². The number of aromatic nitrogens is 2. The summed E-state index contributed by atoms with van der Waals surface area (Å²) in [5.74, 6) is 1.95. The van der Waals surface area contributed by atoms with Crippen LogP contribution >= 0.6 is 0 Å². The van der Waals surface area contributed by atoms with E-state index in [9.17, 15) is 4.79 Å². The van der Waals surface area contributed by atoms with Crippen molar-refractivity contribution in [1.82, 2.24) is 19.8 Å². The molecule has 0 atom stereocenters. The summed E-state index contributed by atoms with van der Waals surface area (Å²) in [6.45, 7) is 2.85. The molecule has 1 aromatic heterocycles. The Balaban J connectivity index is 1.44. The van der Waals surface area contributed by atoms with E-state index in [0.29, 0.717) is 12.8 Å². The van der Waals surface area contributed by atoms with E-state index in [2.05, 4.69) is 28.1 Å². The van der Waals surface area contributed by atoms with Crippen LogP contribution in [0.1, 0.15) is 31.5 Å². The van der Waals surface area contributed by atoms with E-state index in [1.54, 1.807) is 0 Å². The molecular formula is C24H30N4O. The highest BCUT2D eigenvalue weighted by Gasteiger charge is 2.23. The summed E-state index contributed by atoms with van der Waals surface area (Å²) in [6.07, 6.45) is 4.62. The Bertz CT molecular complexity index is 942. The van der Waals surface area contributed by atoms with Crippen LogP contribution in [0.4, 0.5) is 0 Å². The van der Waals surface area contributed by atoms with Gasteiger partial charge in [0.1, 0.15) is 5.82 Å².